The van der Waals surface area contributed by atoms with E-state index < -0.39 is 10.1 Å². The molecule has 0 aliphatic heterocycles. The van der Waals surface area contributed by atoms with Gasteiger partial charge in [0.25, 0.3) is 0 Å². The molecule has 66 valence electrons. The molecule has 2 N–H and O–H groups in total. The molecule has 0 aliphatic carbocycles. The predicted octanol–water partition coefficient (Wildman–Crippen LogP) is -2.51. The van der Waals surface area contributed by atoms with Crippen LogP contribution in [0.25, 0.3) is 0 Å². The normalized spacial score (nSPS) is 10.6. The Balaban J connectivity index is 0.00000144. The summed E-state index contributed by atoms with van der Waals surface area (Å²) in [5, 5.41) is 0. The van der Waals surface area contributed by atoms with Crippen LogP contribution in [0.4, 0.5) is 5.69 Å². The number of hydrogen-bond acceptors (Lipinski definition) is 4. The maximum absolute atomic E-state index is 10.5. The molecule has 0 heterocycles. The Bertz CT molecular complexity index is 402. The molecule has 0 bridgehead atoms. The van der Waals surface area contributed by atoms with E-state index in [0.717, 1.165) is 11.6 Å². The average Bonchev–Trinajstić information content (AvgIpc) is 1.92. The summed E-state index contributed by atoms with van der Waals surface area (Å²) in [6, 6.07) is 3.91. The van der Waals surface area contributed by atoms with Crippen molar-refractivity contribution in [2.75, 3.05) is 5.73 Å². The molecule has 0 fully saturated rings. The minimum absolute atomic E-state index is 0. The third kappa shape index (κ3) is 3.66. The van der Waals surface area contributed by atoms with Crippen LogP contribution in [0.5, 0.6) is 0 Å². The fraction of sp³-hybridized carbons (Fsp3) is 0.143. The minimum Gasteiger partial charge on any atom is -0.744 e. The van der Waals surface area contributed by atoms with Gasteiger partial charge in [0.1, 0.15) is 10.1 Å². The van der Waals surface area contributed by atoms with Crippen molar-refractivity contribution < 1.29 is 64.4 Å². The van der Waals surface area contributed by atoms with Crippen molar-refractivity contribution in [1.29, 1.82) is 0 Å². The molecule has 0 unspecified atom stereocenters. The molecule has 1 aromatic rings. The third-order valence-corrected chi connectivity index (χ3v) is 2.37. The zero-order chi connectivity index (χ0) is 9.35. The maximum Gasteiger partial charge on any atom is 1.00 e. The summed E-state index contributed by atoms with van der Waals surface area (Å²) in [6.45, 7) is 1.73. The van der Waals surface area contributed by atoms with Gasteiger partial charge in [-0.25, -0.2) is 8.42 Å². The number of nitrogen functional groups attached to an aromatic ring is 1. The van der Waals surface area contributed by atoms with Gasteiger partial charge in [0, 0.05) is 5.69 Å². The molecule has 0 aliphatic rings. The molecular weight excluding hydrogens is 217 g/mol. The van der Waals surface area contributed by atoms with E-state index in [1.165, 1.54) is 12.1 Å². The average molecular weight is 225 g/mol. The Kier molecular flexibility index (Phi) is 5.09. The Morgan fingerprint density at radius 1 is 1.38 bits per heavy atom. The first-order chi connectivity index (χ1) is 5.41. The molecule has 0 saturated carbocycles. The van der Waals surface area contributed by atoms with Crippen molar-refractivity contribution in [3.63, 3.8) is 0 Å². The molecular formula is C7H8KNO3S. The van der Waals surface area contributed by atoms with Gasteiger partial charge in [-0.1, -0.05) is 6.07 Å². The number of rotatable bonds is 1. The summed E-state index contributed by atoms with van der Waals surface area (Å²) in [6.07, 6.45) is 0. The summed E-state index contributed by atoms with van der Waals surface area (Å²) in [5.74, 6) is 0. The summed E-state index contributed by atoms with van der Waals surface area (Å²) in [7, 11) is -4.37. The van der Waals surface area contributed by atoms with Gasteiger partial charge in [-0.2, -0.15) is 0 Å². The quantitative estimate of drug-likeness (QED) is 0.325. The third-order valence-electron chi connectivity index (χ3n) is 1.54. The van der Waals surface area contributed by atoms with Gasteiger partial charge in [-0.3, -0.25) is 0 Å². The van der Waals surface area contributed by atoms with Crippen LogP contribution in [0.3, 0.4) is 0 Å². The molecule has 0 saturated heterocycles. The van der Waals surface area contributed by atoms with Crippen LogP contribution in [-0.4, -0.2) is 13.0 Å². The smallest absolute Gasteiger partial charge is 0.744 e. The topological polar surface area (TPSA) is 83.2 Å². The van der Waals surface area contributed by atoms with Crippen LogP contribution in [0, 0.1) is 6.92 Å². The van der Waals surface area contributed by atoms with Crippen LogP contribution in [0.1, 0.15) is 5.56 Å². The molecule has 4 nitrogen and oxygen atoms in total. The van der Waals surface area contributed by atoms with Gasteiger partial charge in [0.2, 0.25) is 0 Å². The Labute approximate surface area is 120 Å². The number of hydrogen-bond donors (Lipinski definition) is 1. The maximum atomic E-state index is 10.5. The van der Waals surface area contributed by atoms with E-state index in [4.69, 9.17) is 5.73 Å². The van der Waals surface area contributed by atoms with Gasteiger partial charge in [0.15, 0.2) is 0 Å². The second-order valence-electron chi connectivity index (χ2n) is 2.47. The van der Waals surface area contributed by atoms with E-state index in [2.05, 4.69) is 0 Å². The summed E-state index contributed by atoms with van der Waals surface area (Å²) < 4.78 is 31.5. The number of nitrogens with two attached hydrogens (primary N) is 1. The van der Waals surface area contributed by atoms with E-state index in [0.29, 0.717) is 5.69 Å². The van der Waals surface area contributed by atoms with Crippen molar-refractivity contribution >= 4 is 15.8 Å². The molecule has 0 amide bonds. The van der Waals surface area contributed by atoms with Crippen molar-refractivity contribution in [3.8, 4) is 0 Å². The second-order valence-corrected chi connectivity index (χ2v) is 3.85. The van der Waals surface area contributed by atoms with Gasteiger partial charge in [-0.05, 0) is 24.6 Å². The Morgan fingerprint density at radius 3 is 2.31 bits per heavy atom. The monoisotopic (exact) mass is 225 g/mol. The Morgan fingerprint density at radius 2 is 1.92 bits per heavy atom. The predicted molar refractivity (Wildman–Crippen MR) is 43.6 cm³/mol. The van der Waals surface area contributed by atoms with Crippen molar-refractivity contribution in [3.05, 3.63) is 23.8 Å². The SMILES string of the molecule is Cc1ccc(S(=O)(=O)[O-])cc1N.[K+]. The molecule has 1 aromatic carbocycles. The molecule has 0 atom stereocenters. The van der Waals surface area contributed by atoms with Crippen molar-refractivity contribution in [2.45, 2.75) is 11.8 Å². The van der Waals surface area contributed by atoms with Crippen LogP contribution in [0.15, 0.2) is 23.1 Å². The van der Waals surface area contributed by atoms with Crippen molar-refractivity contribution in [1.82, 2.24) is 0 Å². The van der Waals surface area contributed by atoms with E-state index >= 15 is 0 Å². The largest absolute Gasteiger partial charge is 1.00 e. The molecule has 0 radical (unpaired) electrons. The number of aryl methyl sites for hydroxylation is 1. The van der Waals surface area contributed by atoms with Crippen LogP contribution in [-0.2, 0) is 10.1 Å². The van der Waals surface area contributed by atoms with Crippen LogP contribution < -0.4 is 57.1 Å². The van der Waals surface area contributed by atoms with Gasteiger partial charge < -0.3 is 10.3 Å². The molecule has 1 rings (SSSR count). The first-order valence-electron chi connectivity index (χ1n) is 3.23. The van der Waals surface area contributed by atoms with Gasteiger partial charge in [-0.15, -0.1) is 0 Å². The van der Waals surface area contributed by atoms with Crippen molar-refractivity contribution in [2.24, 2.45) is 0 Å². The van der Waals surface area contributed by atoms with Crippen LogP contribution in [0.2, 0.25) is 0 Å². The molecule has 6 heteroatoms. The molecule has 0 aromatic heterocycles. The summed E-state index contributed by atoms with van der Waals surface area (Å²) >= 11 is 0. The minimum atomic E-state index is -4.37. The Hall–Kier alpha value is 0.566. The van der Waals surface area contributed by atoms with Gasteiger partial charge >= 0.3 is 51.4 Å². The zero-order valence-electron chi connectivity index (χ0n) is 7.44. The standard InChI is InChI=1S/C7H9NO3S.K/c1-5-2-3-6(4-7(5)8)12(9,10)11;/h2-4H,8H2,1H3,(H,9,10,11);/q;+1/p-1. The van der Waals surface area contributed by atoms with Gasteiger partial charge in [0.05, 0.1) is 4.90 Å². The number of benzene rings is 1. The first-order valence-corrected chi connectivity index (χ1v) is 4.64. The molecule has 0 spiro atoms. The van der Waals surface area contributed by atoms with E-state index in [1.54, 1.807) is 6.92 Å². The van der Waals surface area contributed by atoms with E-state index in [-0.39, 0.29) is 56.3 Å². The fourth-order valence-electron chi connectivity index (χ4n) is 0.774. The fourth-order valence-corrected chi connectivity index (χ4v) is 1.28. The van der Waals surface area contributed by atoms with E-state index in [1.807, 2.05) is 0 Å². The molecule has 13 heavy (non-hydrogen) atoms. The second kappa shape index (κ2) is 4.88. The summed E-state index contributed by atoms with van der Waals surface area (Å²) in [5.41, 5.74) is 6.48. The zero-order valence-corrected chi connectivity index (χ0v) is 11.4. The summed E-state index contributed by atoms with van der Waals surface area (Å²) in [4.78, 5) is -0.286. The first kappa shape index (κ1) is 13.6. The van der Waals surface area contributed by atoms with Crippen LogP contribution >= 0.6 is 0 Å². The number of anilines is 1. The van der Waals surface area contributed by atoms with E-state index in [9.17, 15) is 13.0 Å².